The lowest BCUT2D eigenvalue weighted by Gasteiger charge is -2.13. The van der Waals surface area contributed by atoms with Gasteiger partial charge in [-0.05, 0) is 6.92 Å². The second kappa shape index (κ2) is 6.01. The molecule has 0 aliphatic carbocycles. The number of halogens is 1. The van der Waals surface area contributed by atoms with Crippen LogP contribution in [0.1, 0.15) is 6.92 Å². The van der Waals surface area contributed by atoms with Gasteiger partial charge in [-0.25, -0.2) is 17.9 Å². The number of ether oxygens (including phenoxy) is 1. The first-order valence-electron chi connectivity index (χ1n) is 5.47. The van der Waals surface area contributed by atoms with Crippen LogP contribution in [0.25, 0.3) is 0 Å². The molecule has 116 valence electrons. The van der Waals surface area contributed by atoms with Crippen molar-refractivity contribution in [3.8, 4) is 5.75 Å². The van der Waals surface area contributed by atoms with E-state index in [1.165, 1.54) is 14.0 Å². The smallest absolute Gasteiger partial charge is 0.312 e. The van der Waals surface area contributed by atoms with Crippen LogP contribution in [0.15, 0.2) is 17.0 Å². The van der Waals surface area contributed by atoms with Gasteiger partial charge < -0.3 is 10.1 Å². The Bertz CT molecular complexity index is 690. The molecule has 1 amide bonds. The number of likely N-dealkylation sites (N-methyl/N-ethyl adjacent to an activating group) is 1. The van der Waals surface area contributed by atoms with E-state index in [4.69, 9.17) is 9.88 Å². The molecule has 0 bridgehead atoms. The molecule has 0 aromatic heterocycles. The van der Waals surface area contributed by atoms with Crippen LogP contribution in [-0.2, 0) is 14.8 Å². The van der Waals surface area contributed by atoms with E-state index in [0.29, 0.717) is 12.1 Å². The number of rotatable bonds is 5. The number of nitrogens with two attached hydrogens (primary N) is 1. The summed E-state index contributed by atoms with van der Waals surface area (Å²) in [6, 6.07) is 0.938. The molecule has 0 aliphatic heterocycles. The van der Waals surface area contributed by atoms with Crippen molar-refractivity contribution >= 4 is 21.6 Å². The highest BCUT2D eigenvalue weighted by Gasteiger charge is 2.27. The van der Waals surface area contributed by atoms with Crippen LogP contribution in [-0.4, -0.2) is 32.4 Å². The number of nitro benzene ring substituents is 1. The number of primary sulfonamides is 1. The number of nitrogens with zero attached hydrogens (tertiary/aromatic N) is 1. The topological polar surface area (TPSA) is 142 Å². The summed E-state index contributed by atoms with van der Waals surface area (Å²) in [6.45, 7) is 1.29. The average Bonchev–Trinajstić information content (AvgIpc) is 2.35. The maximum Gasteiger partial charge on any atom is 0.312 e. The van der Waals surface area contributed by atoms with Crippen LogP contribution in [0.2, 0.25) is 0 Å². The number of nitro groups is 1. The number of carbonyl (C=O) groups excluding carboxylic acids is 1. The SMILES string of the molecule is CNC(=O)C(C)Oc1cc(F)c(S(N)(=O)=O)cc1[N+](=O)[O-]. The Kier molecular flexibility index (Phi) is 4.80. The molecule has 0 saturated heterocycles. The van der Waals surface area contributed by atoms with Crippen molar-refractivity contribution in [1.82, 2.24) is 5.32 Å². The van der Waals surface area contributed by atoms with Gasteiger partial charge in [0.15, 0.2) is 6.10 Å². The lowest BCUT2D eigenvalue weighted by Crippen LogP contribution is -2.33. The van der Waals surface area contributed by atoms with Gasteiger partial charge in [0.05, 0.1) is 4.92 Å². The van der Waals surface area contributed by atoms with Crippen molar-refractivity contribution in [3.05, 3.63) is 28.1 Å². The highest BCUT2D eigenvalue weighted by Crippen LogP contribution is 2.32. The van der Waals surface area contributed by atoms with Crippen LogP contribution in [0, 0.1) is 15.9 Å². The first-order valence-corrected chi connectivity index (χ1v) is 7.01. The van der Waals surface area contributed by atoms with Gasteiger partial charge in [-0.1, -0.05) is 0 Å². The van der Waals surface area contributed by atoms with Gasteiger partial charge in [-0.3, -0.25) is 14.9 Å². The largest absolute Gasteiger partial charge is 0.474 e. The molecule has 0 saturated carbocycles. The quantitative estimate of drug-likeness (QED) is 0.572. The summed E-state index contributed by atoms with van der Waals surface area (Å²) in [5.74, 6) is -2.50. The van der Waals surface area contributed by atoms with Gasteiger partial charge in [0, 0.05) is 19.2 Å². The number of hydrogen-bond acceptors (Lipinski definition) is 6. The fraction of sp³-hybridized carbons (Fsp3) is 0.300. The van der Waals surface area contributed by atoms with E-state index in [2.05, 4.69) is 5.32 Å². The minimum Gasteiger partial charge on any atom is -0.474 e. The summed E-state index contributed by atoms with van der Waals surface area (Å²) in [7, 11) is -3.15. The highest BCUT2D eigenvalue weighted by molar-refractivity contribution is 7.89. The van der Waals surface area contributed by atoms with E-state index in [9.17, 15) is 27.7 Å². The molecule has 1 aromatic carbocycles. The first kappa shape index (κ1) is 16.8. The normalized spacial score (nSPS) is 12.6. The average molecular weight is 321 g/mol. The van der Waals surface area contributed by atoms with E-state index in [1.54, 1.807) is 0 Å². The predicted octanol–water partition coefficient (Wildman–Crippen LogP) is -0.105. The molecule has 1 atom stereocenters. The number of amides is 1. The number of hydrogen-bond donors (Lipinski definition) is 2. The van der Waals surface area contributed by atoms with Gasteiger partial charge in [0.1, 0.15) is 10.7 Å². The van der Waals surface area contributed by atoms with Crippen LogP contribution in [0.5, 0.6) is 5.75 Å². The van der Waals surface area contributed by atoms with Crippen LogP contribution in [0.3, 0.4) is 0 Å². The van der Waals surface area contributed by atoms with Crippen molar-refractivity contribution in [1.29, 1.82) is 0 Å². The maximum atomic E-state index is 13.7. The van der Waals surface area contributed by atoms with Crippen molar-refractivity contribution in [2.45, 2.75) is 17.9 Å². The minimum atomic E-state index is -4.47. The Morgan fingerprint density at radius 2 is 2.10 bits per heavy atom. The van der Waals surface area contributed by atoms with E-state index < -0.39 is 49.1 Å². The molecule has 21 heavy (non-hydrogen) atoms. The summed E-state index contributed by atoms with van der Waals surface area (Å²) in [4.78, 5) is 20.2. The third kappa shape index (κ3) is 3.86. The fourth-order valence-corrected chi connectivity index (χ4v) is 2.03. The molecule has 0 fully saturated rings. The zero-order valence-electron chi connectivity index (χ0n) is 11.0. The first-order chi connectivity index (χ1) is 9.57. The summed E-state index contributed by atoms with van der Waals surface area (Å²) >= 11 is 0. The third-order valence-electron chi connectivity index (χ3n) is 2.44. The Hall–Kier alpha value is -2.27. The second-order valence-electron chi connectivity index (χ2n) is 3.93. The molecule has 1 rings (SSSR count). The van der Waals surface area contributed by atoms with E-state index in [1.807, 2.05) is 0 Å². The molecule has 3 N–H and O–H groups in total. The molecule has 1 aromatic rings. The monoisotopic (exact) mass is 321 g/mol. The standard InChI is InChI=1S/C10H12FN3O6S/c1-5(10(15)13-2)20-8-3-6(11)9(21(12,18)19)4-7(8)14(16)17/h3-5H,1-2H3,(H,13,15)(H2,12,18,19). The molecule has 0 spiro atoms. The van der Waals surface area contributed by atoms with Crippen molar-refractivity contribution < 1.29 is 27.3 Å². The van der Waals surface area contributed by atoms with Gasteiger partial charge in [-0.15, -0.1) is 0 Å². The fourth-order valence-electron chi connectivity index (χ4n) is 1.43. The summed E-state index contributed by atoms with van der Waals surface area (Å²) in [6.07, 6.45) is -1.14. The molecule has 0 radical (unpaired) electrons. The van der Waals surface area contributed by atoms with Gasteiger partial charge in [-0.2, -0.15) is 0 Å². The Morgan fingerprint density at radius 1 is 1.52 bits per heavy atom. The third-order valence-corrected chi connectivity index (χ3v) is 3.36. The number of nitrogens with one attached hydrogen (secondary N) is 1. The highest BCUT2D eigenvalue weighted by atomic mass is 32.2. The lowest BCUT2D eigenvalue weighted by molar-refractivity contribution is -0.386. The summed E-state index contributed by atoms with van der Waals surface area (Å²) in [5, 5.41) is 17.9. The minimum absolute atomic E-state index is 0.441. The zero-order valence-corrected chi connectivity index (χ0v) is 11.8. The summed E-state index contributed by atoms with van der Waals surface area (Å²) in [5.41, 5.74) is -0.823. The molecular weight excluding hydrogens is 309 g/mol. The Balaban J connectivity index is 3.37. The zero-order chi connectivity index (χ0) is 16.4. The van der Waals surface area contributed by atoms with Crippen molar-refractivity contribution in [2.75, 3.05) is 7.05 Å². The van der Waals surface area contributed by atoms with Crippen LogP contribution < -0.4 is 15.2 Å². The number of benzene rings is 1. The predicted molar refractivity (Wildman–Crippen MR) is 68.6 cm³/mol. The van der Waals surface area contributed by atoms with Crippen molar-refractivity contribution in [2.24, 2.45) is 5.14 Å². The molecule has 0 aliphatic rings. The summed E-state index contributed by atoms with van der Waals surface area (Å²) < 4.78 is 40.9. The Labute approximate surface area is 119 Å². The van der Waals surface area contributed by atoms with Crippen LogP contribution in [0.4, 0.5) is 10.1 Å². The maximum absolute atomic E-state index is 13.7. The lowest BCUT2D eigenvalue weighted by atomic mass is 10.2. The molecule has 11 heteroatoms. The van der Waals surface area contributed by atoms with Gasteiger partial charge in [0.25, 0.3) is 5.91 Å². The van der Waals surface area contributed by atoms with E-state index in [0.717, 1.165) is 0 Å². The molecule has 1 unspecified atom stereocenters. The van der Waals surface area contributed by atoms with Crippen LogP contribution >= 0.6 is 0 Å². The van der Waals surface area contributed by atoms with Gasteiger partial charge in [0.2, 0.25) is 15.8 Å². The molecule has 0 heterocycles. The van der Waals surface area contributed by atoms with Crippen molar-refractivity contribution in [3.63, 3.8) is 0 Å². The van der Waals surface area contributed by atoms with E-state index in [-0.39, 0.29) is 0 Å². The molecular formula is C10H12FN3O6S. The second-order valence-corrected chi connectivity index (χ2v) is 5.46. The molecule has 9 nitrogen and oxygen atoms in total. The Morgan fingerprint density at radius 3 is 2.52 bits per heavy atom. The number of sulfonamides is 1. The van der Waals surface area contributed by atoms with Gasteiger partial charge >= 0.3 is 5.69 Å². The van der Waals surface area contributed by atoms with E-state index >= 15 is 0 Å². The number of carbonyl (C=O) groups is 1.